The van der Waals surface area contributed by atoms with Crippen molar-refractivity contribution in [2.24, 2.45) is 0 Å². The van der Waals surface area contributed by atoms with Gasteiger partial charge in [0.05, 0.1) is 0 Å². The molecular weight excluding hydrogens is 327 g/mol. The van der Waals surface area contributed by atoms with Crippen LogP contribution in [0.4, 0.5) is 9.18 Å². The molecule has 0 aliphatic carbocycles. The molecule has 1 aromatic rings. The van der Waals surface area contributed by atoms with Crippen LogP contribution in [-0.2, 0) is 15.1 Å². The molecule has 2 heterocycles. The zero-order chi connectivity index (χ0) is 18.0. The van der Waals surface area contributed by atoms with E-state index >= 15 is 0 Å². The van der Waals surface area contributed by atoms with Gasteiger partial charge >= 0.3 is 6.03 Å². The lowest BCUT2D eigenvalue weighted by atomic mass is 9.92. The number of carbonyl (C=O) groups is 3. The molecule has 7 nitrogen and oxygen atoms in total. The Morgan fingerprint density at radius 2 is 1.92 bits per heavy atom. The van der Waals surface area contributed by atoms with Crippen molar-refractivity contribution in [3.05, 3.63) is 35.6 Å². The average molecular weight is 348 g/mol. The standard InChI is InChI=1S/C17H21FN4O3/c1-17(12-3-5-13(18)6-4-12)15(24)22(16(25)20-17)11-14(23)21-9-2-7-19-8-10-21/h3-6,19H,2,7-11H2,1H3,(H,20,25)/t17-/m1/s1. The van der Waals surface area contributed by atoms with E-state index in [0.29, 0.717) is 25.2 Å². The van der Waals surface area contributed by atoms with E-state index in [4.69, 9.17) is 0 Å². The lowest BCUT2D eigenvalue weighted by Gasteiger charge is -2.24. The van der Waals surface area contributed by atoms with Gasteiger partial charge in [-0.05, 0) is 37.6 Å². The summed E-state index contributed by atoms with van der Waals surface area (Å²) in [6, 6.07) is 4.77. The molecule has 0 bridgehead atoms. The highest BCUT2D eigenvalue weighted by Gasteiger charge is 2.49. The molecule has 25 heavy (non-hydrogen) atoms. The maximum Gasteiger partial charge on any atom is 0.325 e. The maximum absolute atomic E-state index is 13.1. The van der Waals surface area contributed by atoms with Crippen LogP contribution in [0.1, 0.15) is 18.9 Å². The second-order valence-electron chi connectivity index (χ2n) is 6.44. The monoisotopic (exact) mass is 348 g/mol. The van der Waals surface area contributed by atoms with Crippen molar-refractivity contribution in [3.63, 3.8) is 0 Å². The van der Waals surface area contributed by atoms with E-state index in [1.165, 1.54) is 24.3 Å². The average Bonchev–Trinajstić information content (AvgIpc) is 2.81. The van der Waals surface area contributed by atoms with Gasteiger partial charge < -0.3 is 15.5 Å². The van der Waals surface area contributed by atoms with Gasteiger partial charge in [-0.15, -0.1) is 0 Å². The van der Waals surface area contributed by atoms with Crippen LogP contribution in [0.25, 0.3) is 0 Å². The highest BCUT2D eigenvalue weighted by Crippen LogP contribution is 2.28. The van der Waals surface area contributed by atoms with Crippen LogP contribution < -0.4 is 10.6 Å². The quantitative estimate of drug-likeness (QED) is 0.776. The van der Waals surface area contributed by atoms with E-state index in [0.717, 1.165) is 17.9 Å². The SMILES string of the molecule is C[C@]1(c2ccc(F)cc2)NC(=O)N(CC(=O)N2CCCNCC2)C1=O. The van der Waals surface area contributed by atoms with Crippen molar-refractivity contribution < 1.29 is 18.8 Å². The van der Waals surface area contributed by atoms with E-state index in [2.05, 4.69) is 10.6 Å². The van der Waals surface area contributed by atoms with Crippen molar-refractivity contribution in [1.29, 1.82) is 0 Å². The van der Waals surface area contributed by atoms with Crippen molar-refractivity contribution in [1.82, 2.24) is 20.4 Å². The number of halogens is 1. The summed E-state index contributed by atoms with van der Waals surface area (Å²) in [5, 5.41) is 5.82. The number of hydrogen-bond acceptors (Lipinski definition) is 4. The van der Waals surface area contributed by atoms with Gasteiger partial charge in [-0.25, -0.2) is 9.18 Å². The lowest BCUT2D eigenvalue weighted by Crippen LogP contribution is -2.45. The summed E-state index contributed by atoms with van der Waals surface area (Å²) in [6.45, 7) is 3.96. The van der Waals surface area contributed by atoms with Gasteiger partial charge in [0, 0.05) is 19.6 Å². The first-order valence-electron chi connectivity index (χ1n) is 8.30. The molecule has 134 valence electrons. The molecule has 3 rings (SSSR count). The molecule has 0 saturated carbocycles. The van der Waals surface area contributed by atoms with Crippen LogP contribution in [0.15, 0.2) is 24.3 Å². The Labute approximate surface area is 145 Å². The molecule has 2 saturated heterocycles. The Hall–Kier alpha value is -2.48. The molecule has 8 heteroatoms. The molecule has 4 amide bonds. The van der Waals surface area contributed by atoms with E-state index in [9.17, 15) is 18.8 Å². The number of amides is 4. The molecule has 0 aromatic heterocycles. The van der Waals surface area contributed by atoms with Crippen LogP contribution in [0.3, 0.4) is 0 Å². The fraction of sp³-hybridized carbons (Fsp3) is 0.471. The smallest absolute Gasteiger partial charge is 0.325 e. The van der Waals surface area contributed by atoms with Crippen molar-refractivity contribution in [2.75, 3.05) is 32.7 Å². The summed E-state index contributed by atoms with van der Waals surface area (Å²) in [5.74, 6) is -1.19. The Balaban J connectivity index is 1.74. The number of hydrogen-bond donors (Lipinski definition) is 2. The third-order valence-corrected chi connectivity index (χ3v) is 4.68. The molecule has 1 aromatic carbocycles. The highest BCUT2D eigenvalue weighted by molar-refractivity contribution is 6.09. The van der Waals surface area contributed by atoms with E-state index in [1.807, 2.05) is 0 Å². The van der Waals surface area contributed by atoms with Crippen LogP contribution >= 0.6 is 0 Å². The molecule has 2 aliphatic heterocycles. The topological polar surface area (TPSA) is 81.8 Å². The lowest BCUT2D eigenvalue weighted by molar-refractivity contribution is -0.138. The van der Waals surface area contributed by atoms with Gasteiger partial charge in [0.25, 0.3) is 5.91 Å². The number of urea groups is 1. The van der Waals surface area contributed by atoms with Gasteiger partial charge in [0.1, 0.15) is 17.9 Å². The van der Waals surface area contributed by atoms with Gasteiger partial charge in [-0.2, -0.15) is 0 Å². The Morgan fingerprint density at radius 1 is 1.20 bits per heavy atom. The van der Waals surface area contributed by atoms with Crippen LogP contribution in [0, 0.1) is 5.82 Å². The fourth-order valence-electron chi connectivity index (χ4n) is 3.15. The number of carbonyl (C=O) groups excluding carboxylic acids is 3. The fourth-order valence-corrected chi connectivity index (χ4v) is 3.15. The summed E-state index contributed by atoms with van der Waals surface area (Å²) in [4.78, 5) is 40.1. The van der Waals surface area contributed by atoms with E-state index < -0.39 is 23.3 Å². The molecular formula is C17H21FN4O3. The molecule has 0 radical (unpaired) electrons. The second kappa shape index (κ2) is 6.79. The summed E-state index contributed by atoms with van der Waals surface area (Å²) >= 11 is 0. The third-order valence-electron chi connectivity index (χ3n) is 4.68. The minimum Gasteiger partial charge on any atom is -0.340 e. The molecule has 2 aliphatic rings. The Morgan fingerprint density at radius 3 is 2.64 bits per heavy atom. The zero-order valence-corrected chi connectivity index (χ0v) is 14.0. The number of nitrogens with zero attached hydrogens (tertiary/aromatic N) is 2. The predicted molar refractivity (Wildman–Crippen MR) is 88.1 cm³/mol. The van der Waals surface area contributed by atoms with Gasteiger partial charge in [-0.1, -0.05) is 12.1 Å². The minimum atomic E-state index is -1.30. The van der Waals surface area contributed by atoms with Crippen molar-refractivity contribution in [3.8, 4) is 0 Å². The molecule has 0 spiro atoms. The number of imide groups is 1. The Bertz CT molecular complexity index is 686. The first-order valence-corrected chi connectivity index (χ1v) is 8.30. The van der Waals surface area contributed by atoms with E-state index in [-0.39, 0.29) is 12.5 Å². The molecule has 2 N–H and O–H groups in total. The molecule has 1 atom stereocenters. The number of nitrogens with one attached hydrogen (secondary N) is 2. The normalized spacial score (nSPS) is 24.2. The maximum atomic E-state index is 13.1. The zero-order valence-electron chi connectivity index (χ0n) is 14.0. The number of rotatable bonds is 3. The summed E-state index contributed by atoms with van der Waals surface area (Å²) in [6.07, 6.45) is 0.833. The Kier molecular flexibility index (Phi) is 4.71. The first-order chi connectivity index (χ1) is 11.9. The first kappa shape index (κ1) is 17.3. The predicted octanol–water partition coefficient (Wildman–Crippen LogP) is 0.415. The summed E-state index contributed by atoms with van der Waals surface area (Å²) < 4.78 is 13.1. The number of benzene rings is 1. The van der Waals surface area contributed by atoms with Gasteiger partial charge in [0.15, 0.2) is 0 Å². The third kappa shape index (κ3) is 3.34. The van der Waals surface area contributed by atoms with Gasteiger partial charge in [-0.3, -0.25) is 14.5 Å². The highest BCUT2D eigenvalue weighted by atomic mass is 19.1. The van der Waals surface area contributed by atoms with Gasteiger partial charge in [0.2, 0.25) is 5.91 Å². The van der Waals surface area contributed by atoms with Crippen LogP contribution in [0.5, 0.6) is 0 Å². The largest absolute Gasteiger partial charge is 0.340 e. The summed E-state index contributed by atoms with van der Waals surface area (Å²) in [7, 11) is 0. The van der Waals surface area contributed by atoms with Crippen LogP contribution in [-0.4, -0.2) is 60.4 Å². The molecule has 2 fully saturated rings. The van der Waals surface area contributed by atoms with Crippen molar-refractivity contribution in [2.45, 2.75) is 18.9 Å². The molecule has 0 unspecified atom stereocenters. The summed E-state index contributed by atoms with van der Waals surface area (Å²) in [5.41, 5.74) is -0.827. The van der Waals surface area contributed by atoms with Crippen LogP contribution in [0.2, 0.25) is 0 Å². The van der Waals surface area contributed by atoms with Crippen molar-refractivity contribution >= 4 is 17.8 Å². The minimum absolute atomic E-state index is 0.254. The van der Waals surface area contributed by atoms with E-state index in [1.54, 1.807) is 11.8 Å². The second-order valence-corrected chi connectivity index (χ2v) is 6.44.